The van der Waals surface area contributed by atoms with E-state index in [4.69, 9.17) is 9.47 Å². The molecule has 2 rings (SSSR count). The fourth-order valence-electron chi connectivity index (χ4n) is 1.83. The number of aryl methyl sites for hydroxylation is 1. The first-order valence-electron chi connectivity index (χ1n) is 5.68. The van der Waals surface area contributed by atoms with E-state index in [9.17, 15) is 4.79 Å². The molecule has 1 saturated heterocycles. The second-order valence-electron chi connectivity index (χ2n) is 3.90. The van der Waals surface area contributed by atoms with Crippen molar-refractivity contribution in [1.29, 1.82) is 0 Å². The van der Waals surface area contributed by atoms with Gasteiger partial charge in [0, 0.05) is 0 Å². The lowest BCUT2D eigenvalue weighted by atomic mass is 10.1. The summed E-state index contributed by atoms with van der Waals surface area (Å²) in [4.78, 5) is 11.3. The Morgan fingerprint density at radius 2 is 2.00 bits per heavy atom. The van der Waals surface area contributed by atoms with E-state index in [-0.39, 0.29) is 12.1 Å². The molecule has 16 heavy (non-hydrogen) atoms. The van der Waals surface area contributed by atoms with Crippen molar-refractivity contribution < 1.29 is 14.3 Å². The van der Waals surface area contributed by atoms with Crippen LogP contribution in [0.1, 0.15) is 18.4 Å². The van der Waals surface area contributed by atoms with E-state index < -0.39 is 0 Å². The highest BCUT2D eigenvalue weighted by atomic mass is 16.6. The third-order valence-electron chi connectivity index (χ3n) is 2.68. The zero-order valence-corrected chi connectivity index (χ0v) is 9.22. The Hall–Kier alpha value is -1.35. The number of esters is 1. The summed E-state index contributed by atoms with van der Waals surface area (Å²) in [5.41, 5.74) is 1.30. The Morgan fingerprint density at radius 3 is 2.75 bits per heavy atom. The van der Waals surface area contributed by atoms with Crippen LogP contribution in [0.3, 0.4) is 0 Å². The first kappa shape index (κ1) is 11.1. The van der Waals surface area contributed by atoms with Crippen LogP contribution in [0.25, 0.3) is 0 Å². The van der Waals surface area contributed by atoms with Gasteiger partial charge in [-0.15, -0.1) is 0 Å². The number of hydrogen-bond acceptors (Lipinski definition) is 3. The molecule has 1 aliphatic heterocycles. The van der Waals surface area contributed by atoms with E-state index in [1.54, 1.807) is 0 Å². The number of hydrogen-bond donors (Lipinski definition) is 0. The van der Waals surface area contributed by atoms with Crippen LogP contribution >= 0.6 is 0 Å². The van der Waals surface area contributed by atoms with Gasteiger partial charge in [0.05, 0.1) is 6.61 Å². The number of carbonyl (C=O) groups excluding carboxylic acids is 1. The maximum absolute atomic E-state index is 11.3. The summed E-state index contributed by atoms with van der Waals surface area (Å²) in [5, 5.41) is 0. The minimum absolute atomic E-state index is 0.209. The quantitative estimate of drug-likeness (QED) is 0.727. The molecule has 1 heterocycles. The van der Waals surface area contributed by atoms with Crippen LogP contribution in [0.15, 0.2) is 30.3 Å². The van der Waals surface area contributed by atoms with E-state index in [2.05, 4.69) is 12.1 Å². The molecule has 1 aliphatic rings. The SMILES string of the molecule is O=C1OCCOC1CCCc1ccccc1. The number of rotatable bonds is 4. The van der Waals surface area contributed by atoms with E-state index in [1.807, 2.05) is 18.2 Å². The van der Waals surface area contributed by atoms with Gasteiger partial charge >= 0.3 is 5.97 Å². The van der Waals surface area contributed by atoms with Gasteiger partial charge in [-0.2, -0.15) is 0 Å². The van der Waals surface area contributed by atoms with Gasteiger partial charge in [-0.3, -0.25) is 0 Å². The Kier molecular flexibility index (Phi) is 3.94. The molecule has 0 aromatic heterocycles. The maximum atomic E-state index is 11.3. The maximum Gasteiger partial charge on any atom is 0.335 e. The summed E-state index contributed by atoms with van der Waals surface area (Å²) in [6.45, 7) is 0.926. The van der Waals surface area contributed by atoms with Crippen LogP contribution in [-0.4, -0.2) is 25.3 Å². The Labute approximate surface area is 95.4 Å². The summed E-state index contributed by atoms with van der Waals surface area (Å²) in [7, 11) is 0. The van der Waals surface area contributed by atoms with Gasteiger partial charge < -0.3 is 9.47 Å². The number of benzene rings is 1. The minimum atomic E-state index is -0.350. The highest BCUT2D eigenvalue weighted by Gasteiger charge is 2.23. The van der Waals surface area contributed by atoms with Crippen LogP contribution in [0.4, 0.5) is 0 Å². The highest BCUT2D eigenvalue weighted by molar-refractivity contribution is 5.75. The molecule has 0 radical (unpaired) electrons. The van der Waals surface area contributed by atoms with Crippen molar-refractivity contribution in [2.45, 2.75) is 25.4 Å². The predicted molar refractivity (Wildman–Crippen MR) is 60.1 cm³/mol. The summed E-state index contributed by atoms with van der Waals surface area (Å²) in [6, 6.07) is 10.3. The van der Waals surface area contributed by atoms with E-state index in [0.29, 0.717) is 13.2 Å². The van der Waals surface area contributed by atoms with Gasteiger partial charge in [0.1, 0.15) is 6.61 Å². The van der Waals surface area contributed by atoms with Gasteiger partial charge in [0.15, 0.2) is 6.10 Å². The monoisotopic (exact) mass is 220 g/mol. The Morgan fingerprint density at radius 1 is 1.19 bits per heavy atom. The van der Waals surface area contributed by atoms with Crippen molar-refractivity contribution in [2.75, 3.05) is 13.2 Å². The molecule has 1 unspecified atom stereocenters. The van der Waals surface area contributed by atoms with Crippen molar-refractivity contribution in [3.05, 3.63) is 35.9 Å². The van der Waals surface area contributed by atoms with Crippen LogP contribution in [0.2, 0.25) is 0 Å². The fourth-order valence-corrected chi connectivity index (χ4v) is 1.83. The van der Waals surface area contributed by atoms with Gasteiger partial charge in [-0.05, 0) is 24.8 Å². The second-order valence-corrected chi connectivity index (χ2v) is 3.90. The molecular formula is C13H16O3. The molecule has 0 saturated carbocycles. The van der Waals surface area contributed by atoms with Crippen LogP contribution in [0, 0.1) is 0 Å². The summed E-state index contributed by atoms with van der Waals surface area (Å²) < 4.78 is 10.3. The van der Waals surface area contributed by atoms with Crippen LogP contribution in [0.5, 0.6) is 0 Å². The van der Waals surface area contributed by atoms with Crippen molar-refractivity contribution >= 4 is 5.97 Å². The molecule has 0 spiro atoms. The molecule has 86 valence electrons. The molecule has 1 aromatic rings. The van der Waals surface area contributed by atoms with Gasteiger partial charge in [0.25, 0.3) is 0 Å². The first-order valence-corrected chi connectivity index (χ1v) is 5.68. The summed E-state index contributed by atoms with van der Waals surface area (Å²) in [6.07, 6.45) is 2.32. The van der Waals surface area contributed by atoms with E-state index in [0.717, 1.165) is 19.3 Å². The van der Waals surface area contributed by atoms with Crippen LogP contribution in [-0.2, 0) is 20.7 Å². The zero-order chi connectivity index (χ0) is 11.2. The van der Waals surface area contributed by atoms with Crippen molar-refractivity contribution in [2.24, 2.45) is 0 Å². The molecular weight excluding hydrogens is 204 g/mol. The lowest BCUT2D eigenvalue weighted by molar-refractivity contribution is -0.171. The predicted octanol–water partition coefficient (Wildman–Crippen LogP) is 1.95. The topological polar surface area (TPSA) is 35.5 Å². The number of carbonyl (C=O) groups is 1. The smallest absolute Gasteiger partial charge is 0.335 e. The fraction of sp³-hybridized carbons (Fsp3) is 0.462. The lowest BCUT2D eigenvalue weighted by Gasteiger charge is -2.21. The summed E-state index contributed by atoms with van der Waals surface area (Å²) >= 11 is 0. The van der Waals surface area contributed by atoms with Crippen molar-refractivity contribution in [1.82, 2.24) is 0 Å². The summed E-state index contributed by atoms with van der Waals surface area (Å²) in [5.74, 6) is -0.209. The second kappa shape index (κ2) is 5.66. The normalized spacial score (nSPS) is 20.5. The standard InChI is InChI=1S/C13H16O3/c14-13-12(15-9-10-16-13)8-4-7-11-5-2-1-3-6-11/h1-3,5-6,12H,4,7-10H2. The Balaban J connectivity index is 1.73. The van der Waals surface area contributed by atoms with E-state index >= 15 is 0 Å². The lowest BCUT2D eigenvalue weighted by Crippen LogP contribution is -2.34. The molecule has 0 aliphatic carbocycles. The van der Waals surface area contributed by atoms with Gasteiger partial charge in [-0.1, -0.05) is 30.3 Å². The van der Waals surface area contributed by atoms with Gasteiger partial charge in [0.2, 0.25) is 0 Å². The average molecular weight is 220 g/mol. The largest absolute Gasteiger partial charge is 0.461 e. The third-order valence-corrected chi connectivity index (χ3v) is 2.68. The third kappa shape index (κ3) is 3.07. The number of ether oxygens (including phenoxy) is 2. The van der Waals surface area contributed by atoms with Crippen molar-refractivity contribution in [3.8, 4) is 0 Å². The van der Waals surface area contributed by atoms with Gasteiger partial charge in [-0.25, -0.2) is 4.79 Å². The zero-order valence-electron chi connectivity index (χ0n) is 9.22. The molecule has 3 nitrogen and oxygen atoms in total. The Bertz CT molecular complexity index is 334. The first-order chi connectivity index (χ1) is 7.86. The molecule has 1 aromatic carbocycles. The highest BCUT2D eigenvalue weighted by Crippen LogP contribution is 2.12. The van der Waals surface area contributed by atoms with Crippen LogP contribution < -0.4 is 0 Å². The molecule has 3 heteroatoms. The van der Waals surface area contributed by atoms with E-state index in [1.165, 1.54) is 5.56 Å². The molecule has 0 N–H and O–H groups in total. The minimum Gasteiger partial charge on any atom is -0.461 e. The number of cyclic esters (lactones) is 1. The molecule has 1 atom stereocenters. The molecule has 0 bridgehead atoms. The molecule has 1 fully saturated rings. The average Bonchev–Trinajstić information content (AvgIpc) is 2.33. The molecule has 0 amide bonds. The van der Waals surface area contributed by atoms with Crippen molar-refractivity contribution in [3.63, 3.8) is 0 Å².